The number of para-hydroxylation sites is 4. The zero-order valence-corrected chi connectivity index (χ0v) is 29.8. The molecule has 2 amide bonds. The minimum Gasteiger partial charge on any atom is -0.493 e. The number of hydrogen-bond acceptors (Lipinski definition) is 10. The van der Waals surface area contributed by atoms with Gasteiger partial charge in [0.1, 0.15) is 22.7 Å². The van der Waals surface area contributed by atoms with Crippen molar-refractivity contribution in [2.75, 3.05) is 0 Å². The van der Waals surface area contributed by atoms with Gasteiger partial charge in [0, 0.05) is 0 Å². The molecule has 266 valence electrons. The third-order valence-corrected chi connectivity index (χ3v) is 9.72. The minimum atomic E-state index is -0.729. The van der Waals surface area contributed by atoms with Crippen molar-refractivity contribution < 1.29 is 19.8 Å². The Morgan fingerprint density at radius 2 is 1.00 bits per heavy atom. The van der Waals surface area contributed by atoms with Crippen LogP contribution in [0, 0.1) is 13.8 Å². The third-order valence-electron chi connectivity index (χ3n) is 9.11. The lowest BCUT2D eigenvalue weighted by Gasteiger charge is -2.11. The maximum atomic E-state index is 12.5. The molecule has 4 aromatic carbocycles. The van der Waals surface area contributed by atoms with Gasteiger partial charge in [0.15, 0.2) is 11.3 Å². The first-order valence-corrected chi connectivity index (χ1v) is 17.0. The lowest BCUT2D eigenvalue weighted by Crippen LogP contribution is -2.15. The van der Waals surface area contributed by atoms with E-state index in [0.717, 1.165) is 0 Å². The monoisotopic (exact) mass is 756 g/mol. The fourth-order valence-corrected chi connectivity index (χ4v) is 6.94. The minimum absolute atomic E-state index is 0.0313. The topological polar surface area (TPSA) is 211 Å². The van der Waals surface area contributed by atoms with E-state index in [0.29, 0.717) is 55.7 Å². The summed E-state index contributed by atoms with van der Waals surface area (Å²) in [4.78, 5) is 34.0. The summed E-state index contributed by atoms with van der Waals surface area (Å²) in [5, 5.41) is 40.2. The Balaban J connectivity index is 1.11. The molecule has 4 heterocycles. The number of primary amides is 2. The third kappa shape index (κ3) is 5.43. The first-order chi connectivity index (χ1) is 25.9. The Morgan fingerprint density at radius 3 is 1.37 bits per heavy atom. The predicted molar refractivity (Wildman–Crippen MR) is 205 cm³/mol. The molecule has 0 aliphatic rings. The number of aromatic nitrogens is 4. The number of rotatable bonds is 7. The number of nitrogens with zero attached hydrogens (tertiary/aromatic N) is 8. The second kappa shape index (κ2) is 12.9. The van der Waals surface area contributed by atoms with Gasteiger partial charge in [-0.2, -0.15) is 0 Å². The zero-order chi connectivity index (χ0) is 38.0. The summed E-state index contributed by atoms with van der Waals surface area (Å²) in [6.07, 6.45) is 0. The summed E-state index contributed by atoms with van der Waals surface area (Å²) in [6, 6.07) is 24.4. The first kappa shape index (κ1) is 34.2. The van der Waals surface area contributed by atoms with Gasteiger partial charge < -0.3 is 21.7 Å². The molecule has 16 heteroatoms. The standard InChI is InChI=1S/C38H26Cl2N10O4/c1-17-29(33(41)51)35-43-25-7-3-5-9-27(25)49(35)37(53)31(17)47-45-23-13-11-19(15-21(23)39)20-12-14-24(22(40)16-20)46-48-32-18(2)30(34(42)52)36-44-26-8-4-6-10-28(26)50(36)38(32)54/h3-16,53-54H,1-2H3,(H2,41,51)(H2,42,52). The second-order valence-corrected chi connectivity index (χ2v) is 13.1. The predicted octanol–water partition coefficient (Wildman–Crippen LogP) is 9.32. The van der Waals surface area contributed by atoms with E-state index in [2.05, 4.69) is 30.4 Å². The van der Waals surface area contributed by atoms with E-state index in [4.69, 9.17) is 34.7 Å². The molecule has 0 radical (unpaired) electrons. The quantitative estimate of drug-likeness (QED) is 0.116. The molecule has 8 aromatic rings. The van der Waals surface area contributed by atoms with E-state index >= 15 is 0 Å². The van der Waals surface area contributed by atoms with Crippen LogP contribution < -0.4 is 11.5 Å². The molecule has 54 heavy (non-hydrogen) atoms. The number of imidazole rings is 2. The van der Waals surface area contributed by atoms with Crippen molar-refractivity contribution in [3.8, 4) is 22.9 Å². The Hall–Kier alpha value is -6.90. The number of nitrogens with two attached hydrogens (primary N) is 2. The van der Waals surface area contributed by atoms with Crippen molar-refractivity contribution in [3.05, 3.63) is 117 Å². The fraction of sp³-hybridized carbons (Fsp3) is 0.0526. The highest BCUT2D eigenvalue weighted by Crippen LogP contribution is 2.42. The summed E-state index contributed by atoms with van der Waals surface area (Å²) >= 11 is 13.3. The SMILES string of the molecule is Cc1c(N=Nc2ccc(-c3ccc(N=Nc4c(C)c(C(N)=O)c5nc6ccccc6n5c4O)c(Cl)c3)cc2Cl)c(O)n2c(nc3ccccc32)c1C(N)=O. The molecule has 0 saturated heterocycles. The normalized spacial score (nSPS) is 12.0. The van der Waals surface area contributed by atoms with Crippen molar-refractivity contribution in [1.82, 2.24) is 18.8 Å². The molecule has 8 rings (SSSR count). The average molecular weight is 758 g/mol. The van der Waals surface area contributed by atoms with Crippen molar-refractivity contribution in [1.29, 1.82) is 0 Å². The number of aromatic hydroxyl groups is 2. The fourth-order valence-electron chi connectivity index (χ4n) is 6.51. The van der Waals surface area contributed by atoms with Gasteiger partial charge >= 0.3 is 0 Å². The van der Waals surface area contributed by atoms with Gasteiger partial charge in [-0.1, -0.05) is 59.6 Å². The molecule has 0 aliphatic carbocycles. The van der Waals surface area contributed by atoms with Crippen molar-refractivity contribution in [3.63, 3.8) is 0 Å². The van der Waals surface area contributed by atoms with Gasteiger partial charge in [-0.15, -0.1) is 20.5 Å². The molecule has 0 atom stereocenters. The van der Waals surface area contributed by atoms with Gasteiger partial charge in [-0.3, -0.25) is 18.4 Å². The number of azo groups is 2. The zero-order valence-electron chi connectivity index (χ0n) is 28.3. The number of carbonyl (C=O) groups excluding carboxylic acids is 2. The van der Waals surface area contributed by atoms with Crippen LogP contribution in [0.5, 0.6) is 11.8 Å². The van der Waals surface area contributed by atoms with Crippen LogP contribution in [0.25, 0.3) is 44.5 Å². The number of carbonyl (C=O) groups is 2. The highest BCUT2D eigenvalue weighted by Gasteiger charge is 2.25. The summed E-state index contributed by atoms with van der Waals surface area (Å²) in [7, 11) is 0. The Bertz CT molecular complexity index is 2790. The van der Waals surface area contributed by atoms with Gasteiger partial charge in [0.05, 0.1) is 43.2 Å². The van der Waals surface area contributed by atoms with Crippen LogP contribution in [-0.4, -0.2) is 40.8 Å². The Kier molecular flexibility index (Phi) is 8.20. The van der Waals surface area contributed by atoms with Crippen LogP contribution in [0.4, 0.5) is 22.7 Å². The lowest BCUT2D eigenvalue weighted by molar-refractivity contribution is 0.0992. The van der Waals surface area contributed by atoms with E-state index < -0.39 is 11.8 Å². The van der Waals surface area contributed by atoms with Crippen LogP contribution >= 0.6 is 23.2 Å². The molecule has 0 saturated carbocycles. The maximum absolute atomic E-state index is 12.5. The highest BCUT2D eigenvalue weighted by molar-refractivity contribution is 6.34. The number of amides is 2. The van der Waals surface area contributed by atoms with Crippen LogP contribution in [0.3, 0.4) is 0 Å². The molecule has 14 nitrogen and oxygen atoms in total. The highest BCUT2D eigenvalue weighted by atomic mass is 35.5. The van der Waals surface area contributed by atoms with Crippen LogP contribution in [0.2, 0.25) is 10.0 Å². The lowest BCUT2D eigenvalue weighted by atomic mass is 10.0. The molecular weight excluding hydrogens is 731 g/mol. The number of pyridine rings is 2. The summed E-state index contributed by atoms with van der Waals surface area (Å²) in [6.45, 7) is 3.21. The summed E-state index contributed by atoms with van der Waals surface area (Å²) in [5.74, 6) is -1.99. The van der Waals surface area contributed by atoms with Gasteiger partial charge in [0.25, 0.3) is 11.8 Å². The van der Waals surface area contributed by atoms with Gasteiger partial charge in [-0.25, -0.2) is 9.97 Å². The molecule has 0 spiro atoms. The van der Waals surface area contributed by atoms with E-state index in [-0.39, 0.29) is 55.6 Å². The molecule has 0 aliphatic heterocycles. The number of benzene rings is 4. The molecule has 6 N–H and O–H groups in total. The van der Waals surface area contributed by atoms with Crippen molar-refractivity contribution in [2.24, 2.45) is 31.9 Å². The van der Waals surface area contributed by atoms with Crippen molar-refractivity contribution >= 4 is 91.1 Å². The Morgan fingerprint density at radius 1 is 0.611 bits per heavy atom. The van der Waals surface area contributed by atoms with E-state index in [9.17, 15) is 19.8 Å². The average Bonchev–Trinajstić information content (AvgIpc) is 3.71. The largest absolute Gasteiger partial charge is 0.493 e. The van der Waals surface area contributed by atoms with E-state index in [1.54, 1.807) is 98.8 Å². The molecule has 0 fully saturated rings. The van der Waals surface area contributed by atoms with Crippen molar-refractivity contribution in [2.45, 2.75) is 13.8 Å². The smallest absolute Gasteiger partial charge is 0.252 e. The molecule has 0 bridgehead atoms. The Labute approximate surface area is 314 Å². The molecular formula is C38H26Cl2N10O4. The summed E-state index contributed by atoms with van der Waals surface area (Å²) < 4.78 is 2.83. The van der Waals surface area contributed by atoms with Gasteiger partial charge in [0.2, 0.25) is 11.8 Å². The molecule has 4 aromatic heterocycles. The van der Waals surface area contributed by atoms with Crippen LogP contribution in [0.15, 0.2) is 105 Å². The van der Waals surface area contributed by atoms with E-state index in [1.165, 1.54) is 8.80 Å². The van der Waals surface area contributed by atoms with E-state index in [1.807, 2.05) is 0 Å². The number of fused-ring (bicyclic) bond motifs is 6. The summed E-state index contributed by atoms with van der Waals surface area (Å²) in [5.41, 5.74) is 17.0. The maximum Gasteiger partial charge on any atom is 0.252 e. The number of halogens is 2. The van der Waals surface area contributed by atoms with Gasteiger partial charge in [-0.05, 0) is 84.6 Å². The molecule has 0 unspecified atom stereocenters. The number of hydrogen-bond donors (Lipinski definition) is 4. The second-order valence-electron chi connectivity index (χ2n) is 12.3. The first-order valence-electron chi connectivity index (χ1n) is 16.2. The van der Waals surface area contributed by atoms with Crippen LogP contribution in [0.1, 0.15) is 31.8 Å². The van der Waals surface area contributed by atoms with Crippen LogP contribution in [-0.2, 0) is 0 Å².